The molecule has 0 N–H and O–H groups in total. The van der Waals surface area contributed by atoms with Crippen molar-refractivity contribution < 1.29 is 14.3 Å². The number of ether oxygens (including phenoxy) is 2. The lowest BCUT2D eigenvalue weighted by Gasteiger charge is -2.05. The second-order valence-electron chi connectivity index (χ2n) is 2.70. The Balaban J connectivity index is 2.68. The van der Waals surface area contributed by atoms with Gasteiger partial charge in [-0.2, -0.15) is 4.98 Å². The number of aromatic nitrogens is 2. The smallest absolute Gasteiger partial charge is 0.343 e. The van der Waals surface area contributed by atoms with E-state index < -0.39 is 5.97 Å². The first-order valence-corrected chi connectivity index (χ1v) is 5.47. The molecule has 5 nitrogen and oxygen atoms in total. The van der Waals surface area contributed by atoms with Crippen molar-refractivity contribution in [2.75, 3.05) is 20.0 Å². The fraction of sp³-hybridized carbons (Fsp3) is 0.444. The fourth-order valence-corrected chi connectivity index (χ4v) is 1.29. The predicted octanol–water partition coefficient (Wildman–Crippen LogP) is 1.06. The molecule has 0 amide bonds. The highest BCUT2D eigenvalue weighted by molar-refractivity contribution is 7.98. The summed E-state index contributed by atoms with van der Waals surface area (Å²) in [6.45, 7) is 1.70. The molecular formula is C9H12N2O3S. The number of rotatable bonds is 4. The molecule has 0 aliphatic heterocycles. The van der Waals surface area contributed by atoms with Gasteiger partial charge in [-0.15, -0.1) is 0 Å². The average Bonchev–Trinajstić information content (AvgIpc) is 2.25. The maximum atomic E-state index is 10.8. The lowest BCUT2D eigenvalue weighted by molar-refractivity contribution is -0.143. The van der Waals surface area contributed by atoms with Crippen LogP contribution < -0.4 is 4.74 Å². The molecule has 1 rings (SSSR count). The molecule has 0 unspecified atom stereocenters. The minimum atomic E-state index is -0.433. The fourth-order valence-electron chi connectivity index (χ4n) is 0.870. The molecular weight excluding hydrogens is 216 g/mol. The zero-order chi connectivity index (χ0) is 11.3. The monoisotopic (exact) mass is 228 g/mol. The standard InChI is InChI=1S/C9H12N2O3S/c1-6-4-7(11-9(10-6)15-3)14-5-8(12)13-2/h4H,5H2,1-3H3. The third-order valence-corrected chi connectivity index (χ3v) is 2.11. The van der Waals surface area contributed by atoms with Crippen LogP contribution in [-0.2, 0) is 9.53 Å². The van der Waals surface area contributed by atoms with Crippen LogP contribution in [0.4, 0.5) is 0 Å². The van der Waals surface area contributed by atoms with E-state index >= 15 is 0 Å². The van der Waals surface area contributed by atoms with Crippen LogP contribution in [0.2, 0.25) is 0 Å². The van der Waals surface area contributed by atoms with Gasteiger partial charge in [0.1, 0.15) is 0 Å². The molecule has 1 aromatic rings. The van der Waals surface area contributed by atoms with Gasteiger partial charge < -0.3 is 9.47 Å². The first-order valence-electron chi connectivity index (χ1n) is 4.25. The number of thioether (sulfide) groups is 1. The highest BCUT2D eigenvalue weighted by atomic mass is 32.2. The van der Waals surface area contributed by atoms with E-state index in [0.717, 1.165) is 5.69 Å². The summed E-state index contributed by atoms with van der Waals surface area (Å²) in [7, 11) is 1.31. The number of aryl methyl sites for hydroxylation is 1. The summed E-state index contributed by atoms with van der Waals surface area (Å²) in [5.41, 5.74) is 0.800. The number of carbonyl (C=O) groups excluding carboxylic acids is 1. The minimum absolute atomic E-state index is 0.138. The van der Waals surface area contributed by atoms with E-state index in [4.69, 9.17) is 4.74 Å². The second kappa shape index (κ2) is 5.55. The van der Waals surface area contributed by atoms with Crippen LogP contribution in [0.1, 0.15) is 5.69 Å². The minimum Gasteiger partial charge on any atom is -0.466 e. The molecule has 82 valence electrons. The highest BCUT2D eigenvalue weighted by Gasteiger charge is 2.05. The third kappa shape index (κ3) is 3.75. The van der Waals surface area contributed by atoms with Crippen molar-refractivity contribution in [1.29, 1.82) is 0 Å². The van der Waals surface area contributed by atoms with Crippen LogP contribution in [0.5, 0.6) is 5.88 Å². The highest BCUT2D eigenvalue weighted by Crippen LogP contribution is 2.15. The number of nitrogens with zero attached hydrogens (tertiary/aromatic N) is 2. The van der Waals surface area contributed by atoms with Crippen LogP contribution in [-0.4, -0.2) is 35.9 Å². The maximum Gasteiger partial charge on any atom is 0.343 e. The first kappa shape index (κ1) is 11.8. The third-order valence-electron chi connectivity index (χ3n) is 1.56. The van der Waals surface area contributed by atoms with E-state index in [1.807, 2.05) is 13.2 Å². The molecule has 0 aliphatic rings. The largest absolute Gasteiger partial charge is 0.466 e. The van der Waals surface area contributed by atoms with Gasteiger partial charge in [0.25, 0.3) is 0 Å². The van der Waals surface area contributed by atoms with E-state index in [2.05, 4.69) is 14.7 Å². The van der Waals surface area contributed by atoms with Gasteiger partial charge in [0, 0.05) is 11.8 Å². The van der Waals surface area contributed by atoms with Crippen molar-refractivity contribution in [2.24, 2.45) is 0 Å². The summed E-state index contributed by atoms with van der Waals surface area (Å²) in [5, 5.41) is 0.620. The van der Waals surface area contributed by atoms with E-state index in [9.17, 15) is 4.79 Å². The van der Waals surface area contributed by atoms with Gasteiger partial charge in [-0.25, -0.2) is 9.78 Å². The molecule has 15 heavy (non-hydrogen) atoms. The van der Waals surface area contributed by atoms with Crippen molar-refractivity contribution >= 4 is 17.7 Å². The maximum absolute atomic E-state index is 10.8. The summed E-state index contributed by atoms with van der Waals surface area (Å²) >= 11 is 1.42. The number of methoxy groups -OCH3 is 1. The van der Waals surface area contributed by atoms with Gasteiger partial charge in [0.15, 0.2) is 11.8 Å². The van der Waals surface area contributed by atoms with Crippen molar-refractivity contribution in [1.82, 2.24) is 9.97 Å². The Bertz CT molecular complexity index is 357. The van der Waals surface area contributed by atoms with Gasteiger partial charge >= 0.3 is 5.97 Å². The van der Waals surface area contributed by atoms with E-state index in [1.54, 1.807) is 6.07 Å². The quantitative estimate of drug-likeness (QED) is 0.436. The molecule has 0 spiro atoms. The van der Waals surface area contributed by atoms with E-state index in [0.29, 0.717) is 11.0 Å². The molecule has 1 aromatic heterocycles. The average molecular weight is 228 g/mol. The van der Waals surface area contributed by atoms with Crippen LogP contribution >= 0.6 is 11.8 Å². The second-order valence-corrected chi connectivity index (χ2v) is 3.47. The molecule has 0 bridgehead atoms. The normalized spacial score (nSPS) is 9.80. The van der Waals surface area contributed by atoms with Crippen LogP contribution in [0.3, 0.4) is 0 Å². The Kier molecular flexibility index (Phi) is 4.36. The van der Waals surface area contributed by atoms with Gasteiger partial charge in [0.2, 0.25) is 5.88 Å². The van der Waals surface area contributed by atoms with Crippen LogP contribution in [0.25, 0.3) is 0 Å². The molecule has 0 saturated heterocycles. The first-order chi connectivity index (χ1) is 7.15. The predicted molar refractivity (Wildman–Crippen MR) is 56.1 cm³/mol. The van der Waals surface area contributed by atoms with Crippen LogP contribution in [0, 0.1) is 6.92 Å². The zero-order valence-corrected chi connectivity index (χ0v) is 9.63. The SMILES string of the molecule is COC(=O)COc1cc(C)nc(SC)n1. The Morgan fingerprint density at radius 1 is 1.53 bits per heavy atom. The molecule has 0 fully saturated rings. The van der Waals surface area contributed by atoms with Crippen molar-refractivity contribution in [2.45, 2.75) is 12.1 Å². The Hall–Kier alpha value is -1.30. The molecule has 0 atom stereocenters. The van der Waals surface area contributed by atoms with E-state index in [-0.39, 0.29) is 6.61 Å². The molecule has 1 heterocycles. The zero-order valence-electron chi connectivity index (χ0n) is 8.81. The lowest BCUT2D eigenvalue weighted by atomic mass is 10.4. The van der Waals surface area contributed by atoms with Crippen LogP contribution in [0.15, 0.2) is 11.2 Å². The molecule has 0 aromatic carbocycles. The number of hydrogen-bond donors (Lipinski definition) is 0. The summed E-state index contributed by atoms with van der Waals surface area (Å²) in [5.74, 6) is -0.0470. The number of hydrogen-bond acceptors (Lipinski definition) is 6. The lowest BCUT2D eigenvalue weighted by Crippen LogP contribution is -2.13. The summed E-state index contributed by atoms with van der Waals surface area (Å²) in [6, 6.07) is 1.67. The summed E-state index contributed by atoms with van der Waals surface area (Å²) in [6.07, 6.45) is 1.87. The van der Waals surface area contributed by atoms with Gasteiger partial charge in [-0.3, -0.25) is 0 Å². The molecule has 0 radical (unpaired) electrons. The Labute approximate surface area is 92.2 Å². The van der Waals surface area contributed by atoms with Crippen molar-refractivity contribution in [3.8, 4) is 5.88 Å². The van der Waals surface area contributed by atoms with Crippen molar-refractivity contribution in [3.63, 3.8) is 0 Å². The Morgan fingerprint density at radius 3 is 2.87 bits per heavy atom. The van der Waals surface area contributed by atoms with E-state index in [1.165, 1.54) is 18.9 Å². The summed E-state index contributed by atoms with van der Waals surface area (Å²) in [4.78, 5) is 19.1. The van der Waals surface area contributed by atoms with Crippen molar-refractivity contribution in [3.05, 3.63) is 11.8 Å². The number of esters is 1. The van der Waals surface area contributed by atoms with Gasteiger partial charge in [-0.1, -0.05) is 11.8 Å². The Morgan fingerprint density at radius 2 is 2.27 bits per heavy atom. The van der Waals surface area contributed by atoms with Gasteiger partial charge in [-0.05, 0) is 13.2 Å². The molecule has 6 heteroatoms. The van der Waals surface area contributed by atoms with Gasteiger partial charge in [0.05, 0.1) is 7.11 Å². The topological polar surface area (TPSA) is 61.3 Å². The molecule has 0 aliphatic carbocycles. The molecule has 0 saturated carbocycles. The summed E-state index contributed by atoms with van der Waals surface area (Å²) < 4.78 is 9.59. The number of carbonyl (C=O) groups is 1.